The minimum absolute atomic E-state index is 0.00882. The number of carbonyl (C=O) groups excluding carboxylic acids is 3. The van der Waals surface area contributed by atoms with Crippen LogP contribution in [0.15, 0.2) is 24.3 Å². The molecule has 1 aromatic carbocycles. The van der Waals surface area contributed by atoms with E-state index in [-0.39, 0.29) is 40.4 Å². The highest BCUT2D eigenvalue weighted by molar-refractivity contribution is 6.01. The highest BCUT2D eigenvalue weighted by atomic mass is 16.3. The molecule has 1 aliphatic carbocycles. The number of Topliss-reactive ketones (excluding diaryl/α,β-unsaturated/α-hetero) is 3. The van der Waals surface area contributed by atoms with E-state index in [1.165, 1.54) is 6.07 Å². The van der Waals surface area contributed by atoms with Crippen LogP contribution >= 0.6 is 0 Å². The molecule has 0 bridgehead atoms. The summed E-state index contributed by atoms with van der Waals surface area (Å²) in [5.41, 5.74) is -0.357. The van der Waals surface area contributed by atoms with Gasteiger partial charge in [-0.15, -0.1) is 0 Å². The molecule has 156 valence electrons. The van der Waals surface area contributed by atoms with Gasteiger partial charge in [0.1, 0.15) is 17.3 Å². The zero-order valence-corrected chi connectivity index (χ0v) is 18.5. The zero-order chi connectivity index (χ0) is 21.7. The molecule has 0 aliphatic heterocycles. The predicted octanol–water partition coefficient (Wildman–Crippen LogP) is 5.62. The molecule has 0 spiro atoms. The van der Waals surface area contributed by atoms with Gasteiger partial charge in [0.25, 0.3) is 0 Å². The summed E-state index contributed by atoms with van der Waals surface area (Å²) in [5.74, 6) is 0.453. The molecule has 0 amide bonds. The largest absolute Gasteiger partial charge is 0.507 e. The molecule has 28 heavy (non-hydrogen) atoms. The van der Waals surface area contributed by atoms with Gasteiger partial charge in [0.15, 0.2) is 5.78 Å². The Bertz CT molecular complexity index is 704. The molecule has 1 saturated carbocycles. The fourth-order valence-electron chi connectivity index (χ4n) is 3.56. The number of hydrogen-bond donors (Lipinski definition) is 1. The standard InChI is InChI=1S/C13H22O2.C11H14O2/c1-9(14)10-7-5-6-8-11(10)12(15)13(2,3)4;1-11(2,3)10(13)8-6-4-5-7-9(8)12/h10-11H,5-8H2,1-4H3;4-7,12H,1-3H3. The van der Waals surface area contributed by atoms with Crippen molar-refractivity contribution in [2.24, 2.45) is 22.7 Å². The highest BCUT2D eigenvalue weighted by Gasteiger charge is 2.38. The number of hydrogen-bond acceptors (Lipinski definition) is 4. The van der Waals surface area contributed by atoms with E-state index in [0.29, 0.717) is 5.56 Å². The fourth-order valence-corrected chi connectivity index (χ4v) is 3.56. The first-order chi connectivity index (χ1) is 12.8. The van der Waals surface area contributed by atoms with Crippen molar-refractivity contribution in [2.45, 2.75) is 74.1 Å². The van der Waals surface area contributed by atoms with Crippen LogP contribution in [0.25, 0.3) is 0 Å². The molecule has 0 radical (unpaired) electrons. The van der Waals surface area contributed by atoms with Gasteiger partial charge in [-0.1, -0.05) is 66.5 Å². The van der Waals surface area contributed by atoms with Crippen molar-refractivity contribution in [3.63, 3.8) is 0 Å². The Morgan fingerprint density at radius 3 is 1.79 bits per heavy atom. The molecule has 1 N–H and O–H groups in total. The molecule has 4 nitrogen and oxygen atoms in total. The number of rotatable bonds is 3. The first kappa shape index (κ1) is 24.1. The molecule has 1 fully saturated rings. The number of carbonyl (C=O) groups is 3. The quantitative estimate of drug-likeness (QED) is 0.682. The Kier molecular flexibility index (Phi) is 8.16. The first-order valence-corrected chi connectivity index (χ1v) is 10.1. The van der Waals surface area contributed by atoms with E-state index >= 15 is 0 Å². The second kappa shape index (κ2) is 9.49. The molecular weight excluding hydrogens is 352 g/mol. The molecule has 2 unspecified atom stereocenters. The van der Waals surface area contributed by atoms with Crippen molar-refractivity contribution in [1.82, 2.24) is 0 Å². The molecule has 1 aromatic rings. The Morgan fingerprint density at radius 1 is 0.857 bits per heavy atom. The summed E-state index contributed by atoms with van der Waals surface area (Å²) < 4.78 is 0. The van der Waals surface area contributed by atoms with E-state index in [2.05, 4.69) is 0 Å². The minimum Gasteiger partial charge on any atom is -0.507 e. The molecule has 0 saturated heterocycles. The maximum atomic E-state index is 12.2. The molecule has 0 aromatic heterocycles. The monoisotopic (exact) mass is 388 g/mol. The third-order valence-electron chi connectivity index (χ3n) is 5.19. The van der Waals surface area contributed by atoms with Crippen molar-refractivity contribution >= 4 is 17.3 Å². The van der Waals surface area contributed by atoms with Crippen molar-refractivity contribution < 1.29 is 19.5 Å². The van der Waals surface area contributed by atoms with Gasteiger partial charge in [0, 0.05) is 22.7 Å². The first-order valence-electron chi connectivity index (χ1n) is 10.1. The number of phenols is 1. The van der Waals surface area contributed by atoms with E-state index in [4.69, 9.17) is 0 Å². The molecule has 4 heteroatoms. The lowest BCUT2D eigenvalue weighted by atomic mass is 9.69. The van der Waals surface area contributed by atoms with Crippen LogP contribution in [0.2, 0.25) is 0 Å². The fraction of sp³-hybridized carbons (Fsp3) is 0.625. The van der Waals surface area contributed by atoms with Crippen molar-refractivity contribution in [1.29, 1.82) is 0 Å². The van der Waals surface area contributed by atoms with Crippen LogP contribution < -0.4 is 0 Å². The van der Waals surface area contributed by atoms with Crippen LogP contribution in [0.4, 0.5) is 0 Å². The number of ketones is 3. The van der Waals surface area contributed by atoms with Gasteiger partial charge >= 0.3 is 0 Å². The number of phenolic OH excluding ortho intramolecular Hbond substituents is 1. The summed E-state index contributed by atoms with van der Waals surface area (Å²) in [5, 5.41) is 9.42. The van der Waals surface area contributed by atoms with Crippen LogP contribution in [-0.2, 0) is 9.59 Å². The zero-order valence-electron chi connectivity index (χ0n) is 18.5. The van der Waals surface area contributed by atoms with Crippen molar-refractivity contribution in [3.8, 4) is 5.75 Å². The summed E-state index contributed by atoms with van der Waals surface area (Å²) >= 11 is 0. The maximum absolute atomic E-state index is 12.2. The normalized spacial score (nSPS) is 20.0. The van der Waals surface area contributed by atoms with Crippen LogP contribution in [-0.4, -0.2) is 22.5 Å². The van der Waals surface area contributed by atoms with Crippen LogP contribution in [0, 0.1) is 22.7 Å². The van der Waals surface area contributed by atoms with Gasteiger partial charge in [0.05, 0.1) is 5.56 Å². The van der Waals surface area contributed by atoms with E-state index in [9.17, 15) is 19.5 Å². The van der Waals surface area contributed by atoms with Crippen LogP contribution in [0.3, 0.4) is 0 Å². The average Bonchev–Trinajstić information content (AvgIpc) is 2.60. The third kappa shape index (κ3) is 6.57. The summed E-state index contributed by atoms with van der Waals surface area (Å²) in [6.45, 7) is 13.0. The number of para-hydroxylation sites is 1. The lowest BCUT2D eigenvalue weighted by Gasteiger charge is -2.33. The van der Waals surface area contributed by atoms with Crippen molar-refractivity contribution in [2.75, 3.05) is 0 Å². The SMILES string of the molecule is CC(=O)C1CCCCC1C(=O)C(C)(C)C.CC(C)(C)C(=O)c1ccccc1O. The van der Waals surface area contributed by atoms with Crippen molar-refractivity contribution in [3.05, 3.63) is 29.8 Å². The van der Waals surface area contributed by atoms with Gasteiger partial charge < -0.3 is 5.11 Å². The summed E-state index contributed by atoms with van der Waals surface area (Å²) in [6.07, 6.45) is 4.00. The molecule has 2 atom stereocenters. The second-order valence-corrected chi connectivity index (χ2v) is 9.82. The second-order valence-electron chi connectivity index (χ2n) is 9.82. The average molecular weight is 389 g/mol. The smallest absolute Gasteiger partial charge is 0.171 e. The van der Waals surface area contributed by atoms with Gasteiger partial charge in [-0.25, -0.2) is 0 Å². The van der Waals surface area contributed by atoms with Gasteiger partial charge in [-0.2, -0.15) is 0 Å². The Labute approximate surface area is 169 Å². The third-order valence-corrected chi connectivity index (χ3v) is 5.19. The Balaban J connectivity index is 0.000000283. The summed E-state index contributed by atoms with van der Waals surface area (Å²) in [6, 6.07) is 6.62. The van der Waals surface area contributed by atoms with Gasteiger partial charge in [0.2, 0.25) is 0 Å². The number of aromatic hydroxyl groups is 1. The minimum atomic E-state index is -0.446. The highest BCUT2D eigenvalue weighted by Crippen LogP contribution is 2.36. The van der Waals surface area contributed by atoms with E-state index in [0.717, 1.165) is 25.7 Å². The predicted molar refractivity (Wildman–Crippen MR) is 112 cm³/mol. The maximum Gasteiger partial charge on any atom is 0.171 e. The van der Waals surface area contributed by atoms with Gasteiger partial charge in [-0.3, -0.25) is 14.4 Å². The van der Waals surface area contributed by atoms with E-state index in [1.54, 1.807) is 25.1 Å². The Hall–Kier alpha value is -1.97. The Morgan fingerprint density at radius 2 is 1.36 bits per heavy atom. The van der Waals surface area contributed by atoms with E-state index in [1.807, 2.05) is 41.5 Å². The lowest BCUT2D eigenvalue weighted by Crippen LogP contribution is -2.37. The summed E-state index contributed by atoms with van der Waals surface area (Å²) in [7, 11) is 0. The molecule has 1 aliphatic rings. The van der Waals surface area contributed by atoms with Gasteiger partial charge in [-0.05, 0) is 31.9 Å². The van der Waals surface area contributed by atoms with Crippen LogP contribution in [0.1, 0.15) is 84.5 Å². The summed E-state index contributed by atoms with van der Waals surface area (Å²) in [4.78, 5) is 35.4. The van der Waals surface area contributed by atoms with E-state index < -0.39 is 5.41 Å². The molecular formula is C24H36O4. The molecule has 0 heterocycles. The van der Waals surface area contributed by atoms with Crippen LogP contribution in [0.5, 0.6) is 5.75 Å². The lowest BCUT2D eigenvalue weighted by molar-refractivity contribution is -0.138. The number of benzene rings is 1. The topological polar surface area (TPSA) is 71.4 Å². The molecule has 2 rings (SSSR count).